The molecule has 3 rings (SSSR count). The monoisotopic (exact) mass is 286 g/mol. The summed E-state index contributed by atoms with van der Waals surface area (Å²) < 4.78 is 1.56. The van der Waals surface area contributed by atoms with Gasteiger partial charge in [-0.25, -0.2) is 4.68 Å². The van der Waals surface area contributed by atoms with E-state index in [0.29, 0.717) is 11.6 Å². The van der Waals surface area contributed by atoms with Gasteiger partial charge in [0.1, 0.15) is 6.33 Å². The number of aromatic nitrogens is 4. The van der Waals surface area contributed by atoms with Crippen molar-refractivity contribution in [3.05, 3.63) is 36.2 Å². The number of hydrogen-bond donors (Lipinski definition) is 1. The summed E-state index contributed by atoms with van der Waals surface area (Å²) in [5.41, 5.74) is 1.54. The molecule has 2 heterocycles. The summed E-state index contributed by atoms with van der Waals surface area (Å²) in [6.45, 7) is 1.61. The molecule has 7 heteroatoms. The smallest absolute Gasteiger partial charge is 0.253 e. The second kappa shape index (κ2) is 6.01. The van der Waals surface area contributed by atoms with Gasteiger partial charge >= 0.3 is 0 Å². The molecule has 0 aliphatic carbocycles. The molecule has 0 saturated carbocycles. The minimum Gasteiger partial charge on any atom is -0.339 e. The van der Waals surface area contributed by atoms with E-state index in [1.807, 2.05) is 36.2 Å². The lowest BCUT2D eigenvalue weighted by atomic mass is 10.0. The van der Waals surface area contributed by atoms with Crippen molar-refractivity contribution < 1.29 is 4.79 Å². The summed E-state index contributed by atoms with van der Waals surface area (Å²) in [6, 6.07) is 7.87. The molecule has 0 radical (unpaired) electrons. The Hall–Kier alpha value is -2.28. The average Bonchev–Trinajstić information content (AvgIpc) is 3.09. The first-order valence-electron chi connectivity index (χ1n) is 7.08. The van der Waals surface area contributed by atoms with Crippen LogP contribution in [0.25, 0.3) is 5.69 Å². The highest BCUT2D eigenvalue weighted by molar-refractivity contribution is 5.94. The minimum absolute atomic E-state index is 0.0906. The van der Waals surface area contributed by atoms with E-state index in [1.54, 1.807) is 4.68 Å². The fourth-order valence-electron chi connectivity index (χ4n) is 2.59. The number of piperidine rings is 1. The van der Waals surface area contributed by atoms with E-state index in [1.165, 1.54) is 6.33 Å². The number of carbonyl (C=O) groups is 1. The SMILES string of the molecule is CNC1CCN(C(=O)c2ccc(-n3cnnn3)cc2)CC1. The maximum absolute atomic E-state index is 12.5. The predicted octanol–water partition coefficient (Wildman–Crippen LogP) is 0.486. The molecular formula is C14H18N6O. The number of nitrogens with one attached hydrogen (secondary N) is 1. The van der Waals surface area contributed by atoms with E-state index in [4.69, 9.17) is 0 Å². The van der Waals surface area contributed by atoms with Crippen LogP contribution in [0, 0.1) is 0 Å². The highest BCUT2D eigenvalue weighted by atomic mass is 16.2. The van der Waals surface area contributed by atoms with Crippen molar-refractivity contribution in [2.75, 3.05) is 20.1 Å². The molecule has 1 aliphatic heterocycles. The lowest BCUT2D eigenvalue weighted by Gasteiger charge is -2.31. The molecule has 2 aromatic rings. The molecule has 21 heavy (non-hydrogen) atoms. The Bertz CT molecular complexity index is 586. The molecule has 0 atom stereocenters. The lowest BCUT2D eigenvalue weighted by Crippen LogP contribution is -2.43. The van der Waals surface area contributed by atoms with Crippen LogP contribution in [-0.4, -0.2) is 57.2 Å². The zero-order chi connectivity index (χ0) is 14.7. The first-order chi connectivity index (χ1) is 10.3. The van der Waals surface area contributed by atoms with Crippen LogP contribution in [0.2, 0.25) is 0 Å². The molecule has 0 bridgehead atoms. The first kappa shape index (κ1) is 13.7. The fraction of sp³-hybridized carbons (Fsp3) is 0.429. The summed E-state index contributed by atoms with van der Waals surface area (Å²) in [7, 11) is 1.97. The molecule has 0 unspecified atom stereocenters. The highest BCUT2D eigenvalue weighted by Crippen LogP contribution is 2.15. The number of tetrazole rings is 1. The second-order valence-electron chi connectivity index (χ2n) is 5.16. The molecule has 1 aliphatic rings. The first-order valence-corrected chi connectivity index (χ1v) is 7.08. The van der Waals surface area contributed by atoms with Gasteiger partial charge in [0, 0.05) is 24.7 Å². The Morgan fingerprint density at radius 2 is 1.95 bits per heavy atom. The van der Waals surface area contributed by atoms with Gasteiger partial charge in [0.25, 0.3) is 5.91 Å². The summed E-state index contributed by atoms with van der Waals surface area (Å²) in [5.74, 6) is 0.0906. The molecule has 110 valence electrons. The van der Waals surface area contributed by atoms with Crippen LogP contribution < -0.4 is 5.32 Å². The zero-order valence-electron chi connectivity index (χ0n) is 11.9. The number of nitrogens with zero attached hydrogens (tertiary/aromatic N) is 5. The van der Waals surface area contributed by atoms with E-state index >= 15 is 0 Å². The Morgan fingerprint density at radius 1 is 1.24 bits per heavy atom. The molecule has 1 aromatic carbocycles. The van der Waals surface area contributed by atoms with Gasteiger partial charge in [-0.3, -0.25) is 4.79 Å². The topological polar surface area (TPSA) is 75.9 Å². The van der Waals surface area contributed by atoms with Crippen LogP contribution in [0.5, 0.6) is 0 Å². The van der Waals surface area contributed by atoms with Gasteiger partial charge in [-0.15, -0.1) is 5.10 Å². The summed E-state index contributed by atoms with van der Waals surface area (Å²) in [6.07, 6.45) is 3.54. The third kappa shape index (κ3) is 2.92. The molecule has 7 nitrogen and oxygen atoms in total. The van der Waals surface area contributed by atoms with Gasteiger partial charge in [-0.05, 0) is 54.6 Å². The van der Waals surface area contributed by atoms with Crippen molar-refractivity contribution in [1.29, 1.82) is 0 Å². The van der Waals surface area contributed by atoms with Crippen molar-refractivity contribution in [3.8, 4) is 5.69 Å². The number of benzene rings is 1. The van der Waals surface area contributed by atoms with E-state index in [9.17, 15) is 4.79 Å². The van der Waals surface area contributed by atoms with Crippen LogP contribution in [0.3, 0.4) is 0 Å². The molecule has 1 aromatic heterocycles. The molecule has 1 fully saturated rings. The third-order valence-corrected chi connectivity index (χ3v) is 3.92. The maximum Gasteiger partial charge on any atom is 0.253 e. The van der Waals surface area contributed by atoms with Crippen LogP contribution in [0.15, 0.2) is 30.6 Å². The van der Waals surface area contributed by atoms with Gasteiger partial charge in [0.15, 0.2) is 0 Å². The van der Waals surface area contributed by atoms with Gasteiger partial charge in [0.2, 0.25) is 0 Å². The largest absolute Gasteiger partial charge is 0.339 e. The van der Waals surface area contributed by atoms with Crippen LogP contribution in [0.4, 0.5) is 0 Å². The van der Waals surface area contributed by atoms with Gasteiger partial charge in [-0.1, -0.05) is 0 Å². The number of amides is 1. The standard InChI is InChI=1S/C14H18N6O/c1-15-12-6-8-19(9-7-12)14(21)11-2-4-13(5-3-11)20-10-16-17-18-20/h2-5,10,12,15H,6-9H2,1H3. The van der Waals surface area contributed by atoms with Gasteiger partial charge in [0.05, 0.1) is 5.69 Å². The normalized spacial score (nSPS) is 16.1. The van der Waals surface area contributed by atoms with Gasteiger partial charge in [-0.2, -0.15) is 0 Å². The Labute approximate surface area is 122 Å². The van der Waals surface area contributed by atoms with E-state index in [2.05, 4.69) is 20.8 Å². The van der Waals surface area contributed by atoms with E-state index < -0.39 is 0 Å². The van der Waals surface area contributed by atoms with Gasteiger partial charge < -0.3 is 10.2 Å². The fourth-order valence-corrected chi connectivity index (χ4v) is 2.59. The van der Waals surface area contributed by atoms with Crippen molar-refractivity contribution in [2.45, 2.75) is 18.9 Å². The quantitative estimate of drug-likeness (QED) is 0.888. The average molecular weight is 286 g/mol. The van der Waals surface area contributed by atoms with E-state index in [-0.39, 0.29) is 5.91 Å². The highest BCUT2D eigenvalue weighted by Gasteiger charge is 2.22. The van der Waals surface area contributed by atoms with Crippen LogP contribution in [-0.2, 0) is 0 Å². The lowest BCUT2D eigenvalue weighted by molar-refractivity contribution is 0.0707. The van der Waals surface area contributed by atoms with E-state index in [0.717, 1.165) is 31.6 Å². The summed E-state index contributed by atoms with van der Waals surface area (Å²) >= 11 is 0. The van der Waals surface area contributed by atoms with Crippen LogP contribution in [0.1, 0.15) is 23.2 Å². The third-order valence-electron chi connectivity index (χ3n) is 3.92. The van der Waals surface area contributed by atoms with Crippen molar-refractivity contribution in [1.82, 2.24) is 30.4 Å². The zero-order valence-corrected chi connectivity index (χ0v) is 11.9. The number of rotatable bonds is 3. The predicted molar refractivity (Wildman–Crippen MR) is 77.1 cm³/mol. The van der Waals surface area contributed by atoms with Crippen LogP contribution >= 0.6 is 0 Å². The molecule has 0 spiro atoms. The number of hydrogen-bond acceptors (Lipinski definition) is 5. The molecular weight excluding hydrogens is 268 g/mol. The minimum atomic E-state index is 0.0906. The Kier molecular flexibility index (Phi) is 3.92. The maximum atomic E-state index is 12.5. The van der Waals surface area contributed by atoms with Crippen molar-refractivity contribution in [3.63, 3.8) is 0 Å². The number of carbonyl (C=O) groups excluding carboxylic acids is 1. The summed E-state index contributed by atoms with van der Waals surface area (Å²) in [4.78, 5) is 14.4. The molecule has 1 saturated heterocycles. The molecule has 1 N–H and O–H groups in total. The Balaban J connectivity index is 1.68. The van der Waals surface area contributed by atoms with Crippen molar-refractivity contribution >= 4 is 5.91 Å². The van der Waals surface area contributed by atoms with Crippen molar-refractivity contribution in [2.24, 2.45) is 0 Å². The molecule has 1 amide bonds. The summed E-state index contributed by atoms with van der Waals surface area (Å²) in [5, 5.41) is 14.3. The second-order valence-corrected chi connectivity index (χ2v) is 5.16. The Morgan fingerprint density at radius 3 is 2.52 bits per heavy atom. The number of likely N-dealkylation sites (tertiary alicyclic amines) is 1.